The molecule has 3 nitrogen and oxygen atoms in total. The lowest BCUT2D eigenvalue weighted by molar-refractivity contribution is -0.122. The lowest BCUT2D eigenvalue weighted by atomic mass is 9.92. The van der Waals surface area contributed by atoms with Crippen molar-refractivity contribution in [3.05, 3.63) is 33.4 Å². The highest BCUT2D eigenvalue weighted by molar-refractivity contribution is 14.1. The maximum absolute atomic E-state index is 12.0. The molecule has 3 N–H and O–H groups in total. The molecule has 0 bridgehead atoms. The molecule has 0 heterocycles. The van der Waals surface area contributed by atoms with Crippen molar-refractivity contribution in [1.29, 1.82) is 0 Å². The zero-order chi connectivity index (χ0) is 13.6. The van der Waals surface area contributed by atoms with Gasteiger partial charge >= 0.3 is 0 Å². The SMILES string of the molecule is CCC(CC)(CN)NC(=O)Cc1cccc(I)c1.Cl. The van der Waals surface area contributed by atoms with Crippen LogP contribution in [0, 0.1) is 3.57 Å². The quantitative estimate of drug-likeness (QED) is 0.727. The van der Waals surface area contributed by atoms with Crippen LogP contribution in [0.2, 0.25) is 0 Å². The summed E-state index contributed by atoms with van der Waals surface area (Å²) in [4.78, 5) is 12.0. The van der Waals surface area contributed by atoms with Crippen LogP contribution in [0.4, 0.5) is 0 Å². The van der Waals surface area contributed by atoms with Crippen molar-refractivity contribution in [2.45, 2.75) is 38.6 Å². The van der Waals surface area contributed by atoms with Crippen LogP contribution in [0.3, 0.4) is 0 Å². The van der Waals surface area contributed by atoms with Crippen LogP contribution < -0.4 is 11.1 Å². The Morgan fingerprint density at radius 2 is 2.00 bits per heavy atom. The minimum absolute atomic E-state index is 0. The monoisotopic (exact) mass is 396 g/mol. The Morgan fingerprint density at radius 1 is 1.37 bits per heavy atom. The Bertz CT molecular complexity index is 400. The van der Waals surface area contributed by atoms with E-state index in [2.05, 4.69) is 41.8 Å². The number of hydrogen-bond donors (Lipinski definition) is 2. The summed E-state index contributed by atoms with van der Waals surface area (Å²) in [5.41, 5.74) is 6.57. The average molecular weight is 397 g/mol. The van der Waals surface area contributed by atoms with Gasteiger partial charge in [0.2, 0.25) is 5.91 Å². The van der Waals surface area contributed by atoms with Gasteiger partial charge in [-0.3, -0.25) is 4.79 Å². The highest BCUT2D eigenvalue weighted by Crippen LogP contribution is 2.14. The van der Waals surface area contributed by atoms with Crippen molar-refractivity contribution in [3.63, 3.8) is 0 Å². The van der Waals surface area contributed by atoms with E-state index in [-0.39, 0.29) is 23.9 Å². The predicted octanol–water partition coefficient (Wildman–Crippen LogP) is 2.89. The number of rotatable bonds is 6. The highest BCUT2D eigenvalue weighted by Gasteiger charge is 2.26. The van der Waals surface area contributed by atoms with Crippen LogP contribution in [0.15, 0.2) is 24.3 Å². The summed E-state index contributed by atoms with van der Waals surface area (Å²) in [6.45, 7) is 4.60. The van der Waals surface area contributed by atoms with Gasteiger partial charge < -0.3 is 11.1 Å². The number of halogens is 2. The first kappa shape index (κ1) is 18.7. The molecular formula is C14H22ClIN2O. The fraction of sp³-hybridized carbons (Fsp3) is 0.500. The van der Waals surface area contributed by atoms with Crippen molar-refractivity contribution in [1.82, 2.24) is 5.32 Å². The van der Waals surface area contributed by atoms with E-state index < -0.39 is 0 Å². The van der Waals surface area contributed by atoms with E-state index in [9.17, 15) is 4.79 Å². The average Bonchev–Trinajstić information content (AvgIpc) is 2.36. The third-order valence-corrected chi connectivity index (χ3v) is 4.07. The van der Waals surface area contributed by atoms with Crippen molar-refractivity contribution < 1.29 is 4.79 Å². The maximum Gasteiger partial charge on any atom is 0.224 e. The second kappa shape index (κ2) is 8.76. The number of carbonyl (C=O) groups excluding carboxylic acids is 1. The van der Waals surface area contributed by atoms with Gasteiger partial charge in [-0.05, 0) is 53.1 Å². The second-order valence-electron chi connectivity index (χ2n) is 4.55. The zero-order valence-electron chi connectivity index (χ0n) is 11.4. The predicted molar refractivity (Wildman–Crippen MR) is 90.6 cm³/mol. The van der Waals surface area contributed by atoms with Crippen molar-refractivity contribution in [2.75, 3.05) is 6.54 Å². The number of nitrogens with one attached hydrogen (secondary N) is 1. The van der Waals surface area contributed by atoms with Crippen LogP contribution in [-0.2, 0) is 11.2 Å². The molecule has 1 amide bonds. The summed E-state index contributed by atoms with van der Waals surface area (Å²) < 4.78 is 1.15. The van der Waals surface area contributed by atoms with Gasteiger partial charge in [0.1, 0.15) is 0 Å². The molecular weight excluding hydrogens is 375 g/mol. The van der Waals surface area contributed by atoms with E-state index in [1.54, 1.807) is 0 Å². The first-order valence-electron chi connectivity index (χ1n) is 6.30. The van der Waals surface area contributed by atoms with Crippen LogP contribution in [0.5, 0.6) is 0 Å². The Hall–Kier alpha value is -0.330. The van der Waals surface area contributed by atoms with E-state index >= 15 is 0 Å². The molecule has 0 spiro atoms. The molecule has 0 radical (unpaired) electrons. The number of amides is 1. The molecule has 19 heavy (non-hydrogen) atoms. The first-order chi connectivity index (χ1) is 8.55. The summed E-state index contributed by atoms with van der Waals surface area (Å²) in [5.74, 6) is 0.0474. The normalized spacial score (nSPS) is 10.7. The minimum atomic E-state index is -0.251. The Balaban J connectivity index is 0.00000324. The topological polar surface area (TPSA) is 55.1 Å². The fourth-order valence-corrected chi connectivity index (χ4v) is 2.55. The summed E-state index contributed by atoms with van der Waals surface area (Å²) in [6, 6.07) is 8.00. The van der Waals surface area contributed by atoms with Gasteiger partial charge in [0.05, 0.1) is 12.0 Å². The van der Waals surface area contributed by atoms with E-state index in [1.165, 1.54) is 0 Å². The lowest BCUT2D eigenvalue weighted by Gasteiger charge is -2.31. The molecule has 108 valence electrons. The van der Waals surface area contributed by atoms with Crippen molar-refractivity contribution >= 4 is 40.9 Å². The molecule has 0 aromatic heterocycles. The first-order valence-corrected chi connectivity index (χ1v) is 7.38. The van der Waals surface area contributed by atoms with Crippen LogP contribution in [-0.4, -0.2) is 18.0 Å². The Labute approximate surface area is 135 Å². The van der Waals surface area contributed by atoms with Crippen molar-refractivity contribution in [2.24, 2.45) is 5.73 Å². The van der Waals surface area contributed by atoms with Gasteiger partial charge in [0.25, 0.3) is 0 Å². The van der Waals surface area contributed by atoms with E-state index in [1.807, 2.05) is 24.3 Å². The van der Waals surface area contributed by atoms with Gasteiger partial charge in [-0.1, -0.05) is 26.0 Å². The molecule has 1 aromatic rings. The van der Waals surface area contributed by atoms with Crippen LogP contribution >= 0.6 is 35.0 Å². The molecule has 0 fully saturated rings. The Morgan fingerprint density at radius 3 is 2.47 bits per heavy atom. The van der Waals surface area contributed by atoms with Gasteiger partial charge in [0.15, 0.2) is 0 Å². The summed E-state index contributed by atoms with van der Waals surface area (Å²) in [5, 5.41) is 3.08. The van der Waals surface area contributed by atoms with E-state index in [0.717, 1.165) is 22.0 Å². The number of hydrogen-bond acceptors (Lipinski definition) is 2. The number of carbonyl (C=O) groups is 1. The second-order valence-corrected chi connectivity index (χ2v) is 5.79. The molecule has 0 atom stereocenters. The largest absolute Gasteiger partial charge is 0.349 e. The molecule has 0 unspecified atom stereocenters. The van der Waals surface area contributed by atoms with Crippen LogP contribution in [0.1, 0.15) is 32.3 Å². The molecule has 0 aliphatic heterocycles. The molecule has 0 aliphatic rings. The molecule has 0 aliphatic carbocycles. The van der Waals surface area contributed by atoms with Gasteiger partial charge in [-0.2, -0.15) is 0 Å². The lowest BCUT2D eigenvalue weighted by Crippen LogP contribution is -2.53. The number of benzene rings is 1. The van der Waals surface area contributed by atoms with Gasteiger partial charge in [-0.15, -0.1) is 12.4 Å². The molecule has 5 heteroatoms. The smallest absolute Gasteiger partial charge is 0.224 e. The van der Waals surface area contributed by atoms with Crippen LogP contribution in [0.25, 0.3) is 0 Å². The molecule has 1 rings (SSSR count). The summed E-state index contributed by atoms with van der Waals surface area (Å²) in [7, 11) is 0. The maximum atomic E-state index is 12.0. The molecule has 0 saturated carbocycles. The number of nitrogens with two attached hydrogens (primary N) is 1. The fourth-order valence-electron chi connectivity index (χ4n) is 1.94. The third kappa shape index (κ3) is 5.67. The zero-order valence-corrected chi connectivity index (χ0v) is 14.4. The minimum Gasteiger partial charge on any atom is -0.349 e. The van der Waals surface area contributed by atoms with E-state index in [4.69, 9.17) is 5.73 Å². The highest BCUT2D eigenvalue weighted by atomic mass is 127. The Kier molecular flexibility index (Phi) is 8.61. The summed E-state index contributed by atoms with van der Waals surface area (Å²) in [6.07, 6.45) is 2.13. The molecule has 1 aromatic carbocycles. The summed E-state index contributed by atoms with van der Waals surface area (Å²) >= 11 is 2.25. The van der Waals surface area contributed by atoms with Crippen molar-refractivity contribution in [3.8, 4) is 0 Å². The molecule has 0 saturated heterocycles. The van der Waals surface area contributed by atoms with Gasteiger partial charge in [-0.25, -0.2) is 0 Å². The van der Waals surface area contributed by atoms with Gasteiger partial charge in [0, 0.05) is 10.1 Å². The van der Waals surface area contributed by atoms with E-state index in [0.29, 0.717) is 13.0 Å². The standard InChI is InChI=1S/C14H21IN2O.ClH/c1-3-14(4-2,10-16)17-13(18)9-11-6-5-7-12(15)8-11;/h5-8H,3-4,9-10,16H2,1-2H3,(H,17,18);1H. The third-order valence-electron chi connectivity index (χ3n) is 3.40.